The first-order chi connectivity index (χ1) is 21.6. The lowest BCUT2D eigenvalue weighted by molar-refractivity contribution is -0.133. The van der Waals surface area contributed by atoms with Gasteiger partial charge in [0.05, 0.1) is 35.9 Å². The molecule has 3 atom stereocenters. The molecular weight excluding hydrogens is 546 g/mol. The molecule has 4 heterocycles. The van der Waals surface area contributed by atoms with Gasteiger partial charge in [-0.15, -0.1) is 0 Å². The van der Waals surface area contributed by atoms with Gasteiger partial charge in [0.25, 0.3) is 0 Å². The second kappa shape index (κ2) is 12.3. The number of carbonyl (C=O) groups is 1. The first kappa shape index (κ1) is 27.8. The topological polar surface area (TPSA) is 116 Å². The minimum absolute atomic E-state index is 0.0680. The van der Waals surface area contributed by atoms with Gasteiger partial charge in [-0.1, -0.05) is 66.4 Å². The minimum Gasteiger partial charge on any atom is -0.341 e. The largest absolute Gasteiger partial charge is 0.341 e. The van der Waals surface area contributed by atoms with Crippen molar-refractivity contribution in [2.75, 3.05) is 13.1 Å². The van der Waals surface area contributed by atoms with Gasteiger partial charge in [0.15, 0.2) is 0 Å². The Morgan fingerprint density at radius 2 is 1.41 bits per heavy atom. The molecule has 0 radical (unpaired) electrons. The zero-order valence-electron chi connectivity index (χ0n) is 24.5. The van der Waals surface area contributed by atoms with Gasteiger partial charge in [0.1, 0.15) is 17.7 Å². The second-order valence-corrected chi connectivity index (χ2v) is 11.5. The van der Waals surface area contributed by atoms with Crippen LogP contribution in [0.3, 0.4) is 0 Å². The van der Waals surface area contributed by atoms with E-state index in [-0.39, 0.29) is 11.9 Å². The standard InChI is InChI=1S/C36H35N7O/c37-33(28-6-2-1-3-7-28)36(44)43-21-5-9-32(43)35-40-23-31(42-35)27-18-14-25(15-19-27)11-10-24-12-16-26(17-13-24)30-22-39-34(41-30)29-8-4-20-38-29/h1-3,6-7,12-19,22-23,29,32-33,38H,4-5,8-9,20-21,37H2,(H,39,41)(H,40,42)/t29-,32-,33+/m0/s1. The maximum atomic E-state index is 13.3. The summed E-state index contributed by atoms with van der Waals surface area (Å²) >= 11 is 0. The molecule has 2 fully saturated rings. The number of nitrogens with two attached hydrogens (primary N) is 1. The van der Waals surface area contributed by atoms with E-state index in [1.54, 1.807) is 0 Å². The van der Waals surface area contributed by atoms with Crippen LogP contribution < -0.4 is 11.1 Å². The van der Waals surface area contributed by atoms with Gasteiger partial charge in [-0.05, 0) is 73.2 Å². The summed E-state index contributed by atoms with van der Waals surface area (Å²) in [6, 6.07) is 25.4. The maximum absolute atomic E-state index is 13.3. The van der Waals surface area contributed by atoms with E-state index in [4.69, 9.17) is 5.73 Å². The van der Waals surface area contributed by atoms with E-state index in [1.165, 1.54) is 6.42 Å². The SMILES string of the molecule is N[C@@H](C(=O)N1CCC[C@H]1c1ncc(-c2ccc(C#Cc3ccc(-c4cnc([C@@H]5CCCN5)[nH]4)cc3)cc2)[nH]1)c1ccccc1. The molecule has 5 aromatic rings. The third kappa shape index (κ3) is 5.80. The zero-order valence-corrected chi connectivity index (χ0v) is 24.5. The van der Waals surface area contributed by atoms with E-state index in [9.17, 15) is 4.79 Å². The highest BCUT2D eigenvalue weighted by Crippen LogP contribution is 2.33. The predicted molar refractivity (Wildman–Crippen MR) is 171 cm³/mol. The molecule has 2 aromatic heterocycles. The Kier molecular flexibility index (Phi) is 7.80. The van der Waals surface area contributed by atoms with Gasteiger partial charge in [-0.3, -0.25) is 4.79 Å². The predicted octanol–water partition coefficient (Wildman–Crippen LogP) is 5.65. The number of H-pyrrole nitrogens is 2. The highest BCUT2D eigenvalue weighted by molar-refractivity contribution is 5.83. The molecule has 8 heteroatoms. The fourth-order valence-corrected chi connectivity index (χ4v) is 6.14. The van der Waals surface area contributed by atoms with Crippen molar-refractivity contribution in [1.82, 2.24) is 30.2 Å². The molecule has 2 saturated heterocycles. The summed E-state index contributed by atoms with van der Waals surface area (Å²) in [7, 11) is 0. The number of amides is 1. The summed E-state index contributed by atoms with van der Waals surface area (Å²) in [5.41, 5.74) is 13.1. The molecule has 0 unspecified atom stereocenters. The van der Waals surface area contributed by atoms with E-state index in [2.05, 4.69) is 49.2 Å². The van der Waals surface area contributed by atoms with Gasteiger partial charge in [-0.2, -0.15) is 0 Å². The van der Waals surface area contributed by atoms with E-state index in [1.807, 2.05) is 84.0 Å². The van der Waals surface area contributed by atoms with Crippen molar-refractivity contribution in [2.45, 2.75) is 43.8 Å². The summed E-state index contributed by atoms with van der Waals surface area (Å²) < 4.78 is 0. The Bertz CT molecular complexity index is 1790. The third-order valence-corrected chi connectivity index (χ3v) is 8.60. The quantitative estimate of drug-likeness (QED) is 0.193. The Morgan fingerprint density at radius 1 is 0.795 bits per heavy atom. The van der Waals surface area contributed by atoms with Crippen LogP contribution in [0.15, 0.2) is 91.3 Å². The monoisotopic (exact) mass is 581 g/mol. The van der Waals surface area contributed by atoms with E-state index in [0.717, 1.165) is 76.7 Å². The first-order valence-corrected chi connectivity index (χ1v) is 15.3. The van der Waals surface area contributed by atoms with Crippen molar-refractivity contribution in [3.05, 3.63) is 120 Å². The number of nitrogens with zero attached hydrogens (tertiary/aromatic N) is 3. The number of rotatable bonds is 6. The zero-order chi connectivity index (χ0) is 29.9. The molecule has 1 amide bonds. The van der Waals surface area contributed by atoms with Crippen LogP contribution in [0.1, 0.15) is 72.1 Å². The van der Waals surface area contributed by atoms with Crippen molar-refractivity contribution in [1.29, 1.82) is 0 Å². The van der Waals surface area contributed by atoms with Gasteiger partial charge in [-0.25, -0.2) is 9.97 Å². The van der Waals surface area contributed by atoms with Gasteiger partial charge >= 0.3 is 0 Å². The highest BCUT2D eigenvalue weighted by atomic mass is 16.2. The molecule has 3 aromatic carbocycles. The second-order valence-electron chi connectivity index (χ2n) is 11.5. The lowest BCUT2D eigenvalue weighted by Gasteiger charge is -2.26. The van der Waals surface area contributed by atoms with Crippen molar-refractivity contribution < 1.29 is 4.79 Å². The van der Waals surface area contributed by atoms with E-state index < -0.39 is 6.04 Å². The van der Waals surface area contributed by atoms with Crippen molar-refractivity contribution in [2.24, 2.45) is 5.73 Å². The van der Waals surface area contributed by atoms with Crippen LogP contribution in [-0.4, -0.2) is 43.8 Å². The van der Waals surface area contributed by atoms with Crippen LogP contribution in [0.5, 0.6) is 0 Å². The fourth-order valence-electron chi connectivity index (χ4n) is 6.14. The molecule has 7 rings (SSSR count). The Labute approximate surface area is 257 Å². The highest BCUT2D eigenvalue weighted by Gasteiger charge is 2.34. The summed E-state index contributed by atoms with van der Waals surface area (Å²) in [4.78, 5) is 31.3. The van der Waals surface area contributed by atoms with E-state index >= 15 is 0 Å². The first-order valence-electron chi connectivity index (χ1n) is 15.3. The molecule has 0 bridgehead atoms. The van der Waals surface area contributed by atoms with Crippen LogP contribution in [0.4, 0.5) is 0 Å². The average Bonchev–Trinajstić information content (AvgIpc) is 3.91. The molecule has 5 N–H and O–H groups in total. The molecule has 44 heavy (non-hydrogen) atoms. The number of hydrogen-bond acceptors (Lipinski definition) is 5. The Balaban J connectivity index is 0.996. The number of imidazole rings is 2. The van der Waals surface area contributed by atoms with E-state index in [0.29, 0.717) is 12.6 Å². The van der Waals surface area contributed by atoms with Gasteiger partial charge in [0.2, 0.25) is 5.91 Å². The number of hydrogen-bond donors (Lipinski definition) is 4. The summed E-state index contributed by atoms with van der Waals surface area (Å²) in [5, 5.41) is 3.48. The number of carbonyl (C=O) groups excluding carboxylic acids is 1. The van der Waals surface area contributed by atoms with Crippen LogP contribution >= 0.6 is 0 Å². The molecule has 8 nitrogen and oxygen atoms in total. The lowest BCUT2D eigenvalue weighted by Crippen LogP contribution is -2.38. The molecule has 0 spiro atoms. The van der Waals surface area contributed by atoms with Gasteiger partial charge < -0.3 is 25.9 Å². The normalized spacial score (nSPS) is 18.6. The Hall–Kier alpha value is -4.97. The summed E-state index contributed by atoms with van der Waals surface area (Å²) in [6.45, 7) is 1.73. The molecule has 0 saturated carbocycles. The van der Waals surface area contributed by atoms with Crippen LogP contribution in [-0.2, 0) is 4.79 Å². The maximum Gasteiger partial charge on any atom is 0.244 e. The van der Waals surface area contributed by atoms with Crippen molar-refractivity contribution >= 4 is 5.91 Å². The van der Waals surface area contributed by atoms with Crippen molar-refractivity contribution in [3.63, 3.8) is 0 Å². The van der Waals surface area contributed by atoms with Crippen LogP contribution in [0.2, 0.25) is 0 Å². The average molecular weight is 582 g/mol. The number of aromatic amines is 2. The fraction of sp³-hybridized carbons (Fsp3) is 0.250. The molecule has 2 aliphatic rings. The third-order valence-electron chi connectivity index (χ3n) is 8.60. The minimum atomic E-state index is -0.679. The lowest BCUT2D eigenvalue weighted by atomic mass is 10.1. The molecule has 220 valence electrons. The molecule has 0 aliphatic carbocycles. The van der Waals surface area contributed by atoms with Gasteiger partial charge in [0, 0.05) is 17.7 Å². The number of likely N-dealkylation sites (tertiary alicyclic amines) is 1. The molecule has 2 aliphatic heterocycles. The summed E-state index contributed by atoms with van der Waals surface area (Å²) in [6.07, 6.45) is 7.84. The Morgan fingerprint density at radius 3 is 2.02 bits per heavy atom. The smallest absolute Gasteiger partial charge is 0.244 e. The number of aromatic nitrogens is 4. The van der Waals surface area contributed by atoms with Crippen LogP contribution in [0.25, 0.3) is 22.5 Å². The molecular formula is C36H35N7O. The van der Waals surface area contributed by atoms with Crippen LogP contribution in [0, 0.1) is 11.8 Å². The summed E-state index contributed by atoms with van der Waals surface area (Å²) in [5.74, 6) is 8.28. The number of nitrogens with one attached hydrogen (secondary N) is 3. The van der Waals surface area contributed by atoms with Crippen molar-refractivity contribution in [3.8, 4) is 34.4 Å². The number of benzene rings is 3.